The Balaban J connectivity index is 1.18. The highest BCUT2D eigenvalue weighted by molar-refractivity contribution is 6.08. The maximum Gasteiger partial charge on any atom is 0.0458 e. The molecule has 0 heterocycles. The van der Waals surface area contributed by atoms with Gasteiger partial charge in [-0.05, 0) is 138 Å². The normalized spacial score (nSPS) is 15.9. The summed E-state index contributed by atoms with van der Waals surface area (Å²) in [5, 5.41) is 7.19. The molecule has 8 aromatic rings. The van der Waals surface area contributed by atoms with Crippen LogP contribution in [0.3, 0.4) is 0 Å². The van der Waals surface area contributed by atoms with Gasteiger partial charge in [0.25, 0.3) is 0 Å². The van der Waals surface area contributed by atoms with Gasteiger partial charge in [-0.3, -0.25) is 0 Å². The lowest BCUT2D eigenvalue weighted by atomic mass is 9.60. The van der Waals surface area contributed by atoms with Crippen molar-refractivity contribution in [3.8, 4) is 11.1 Å². The van der Waals surface area contributed by atoms with Crippen molar-refractivity contribution in [3.05, 3.63) is 297 Å². The SMILES string of the molecule is C=C/C=C\c1cc2ccccc2cc1-c1ccc(N(C(=C)CC2C(=C)C(=C)C(CC=C)C2(c2ccccc2)c2ccccc2)/C(C=C)=C/C(=C)c2ccc3ccc4ccccc4c3c2)cc1. The van der Waals surface area contributed by atoms with E-state index in [1.165, 1.54) is 43.4 Å². The van der Waals surface area contributed by atoms with Crippen LogP contribution in [-0.2, 0) is 5.41 Å². The number of hydrogen-bond acceptors (Lipinski definition) is 1. The van der Waals surface area contributed by atoms with Crippen LogP contribution in [0.15, 0.2) is 275 Å². The van der Waals surface area contributed by atoms with E-state index < -0.39 is 5.41 Å². The Morgan fingerprint density at radius 2 is 1.15 bits per heavy atom. The Kier molecular flexibility index (Phi) is 12.2. The molecule has 9 rings (SSSR count). The molecule has 1 nitrogen and oxygen atoms in total. The minimum atomic E-state index is -0.482. The van der Waals surface area contributed by atoms with Gasteiger partial charge >= 0.3 is 0 Å². The Morgan fingerprint density at radius 1 is 0.576 bits per heavy atom. The van der Waals surface area contributed by atoms with Crippen LogP contribution in [0.4, 0.5) is 5.69 Å². The standard InChI is InChI=1S/C65H55N/c1-8-11-23-55-42-53-25-18-19-26-54(53)44-61(55)50-36-38-59(39-37-50)66(58(10-3)40-45(4)52-35-34-51-33-32-49-24-20-21-31-60(49)62(51)43-52)46(5)41-64-48(7)47(6)63(22-9-2)65(64,56-27-14-12-15-28-56)57-29-16-13-17-30-57/h8-21,23-40,42-44,63-64H,1-7,22,41H2/b23-11-,58-40+. The van der Waals surface area contributed by atoms with Crippen molar-refractivity contribution in [2.75, 3.05) is 4.90 Å². The molecule has 1 fully saturated rings. The number of benzene rings is 8. The van der Waals surface area contributed by atoms with Gasteiger partial charge in [0.1, 0.15) is 0 Å². The highest BCUT2D eigenvalue weighted by atomic mass is 15.2. The third kappa shape index (κ3) is 7.84. The summed E-state index contributed by atoms with van der Waals surface area (Å²) in [6.07, 6.45) is 13.4. The quantitative estimate of drug-likeness (QED) is 0.0564. The second kappa shape index (κ2) is 18.6. The van der Waals surface area contributed by atoms with Gasteiger partial charge in [-0.15, -0.1) is 6.58 Å². The predicted octanol–water partition coefficient (Wildman–Crippen LogP) is 17.4. The van der Waals surface area contributed by atoms with Crippen molar-refractivity contribution in [1.29, 1.82) is 0 Å². The Hall–Kier alpha value is -8.00. The topological polar surface area (TPSA) is 3.24 Å². The van der Waals surface area contributed by atoms with Crippen molar-refractivity contribution >= 4 is 49.7 Å². The zero-order valence-corrected chi connectivity index (χ0v) is 37.7. The molecule has 0 radical (unpaired) electrons. The molecule has 0 bridgehead atoms. The monoisotopic (exact) mass is 849 g/mol. The molecule has 0 spiro atoms. The number of anilines is 1. The second-order valence-corrected chi connectivity index (χ2v) is 17.3. The lowest BCUT2D eigenvalue weighted by Crippen LogP contribution is -2.39. The fourth-order valence-corrected chi connectivity index (χ4v) is 10.5. The van der Waals surface area contributed by atoms with Crippen LogP contribution in [0, 0.1) is 11.8 Å². The predicted molar refractivity (Wildman–Crippen MR) is 287 cm³/mol. The number of rotatable bonds is 15. The van der Waals surface area contributed by atoms with Crippen LogP contribution in [-0.4, -0.2) is 0 Å². The number of allylic oxidation sites excluding steroid dienone is 9. The molecule has 0 N–H and O–H groups in total. The smallest absolute Gasteiger partial charge is 0.0458 e. The Morgan fingerprint density at radius 3 is 1.79 bits per heavy atom. The van der Waals surface area contributed by atoms with Gasteiger partial charge in [-0.1, -0.05) is 209 Å². The van der Waals surface area contributed by atoms with E-state index in [0.717, 1.165) is 62.5 Å². The Bertz CT molecular complexity index is 3230. The maximum atomic E-state index is 4.96. The lowest BCUT2D eigenvalue weighted by Gasteiger charge is -2.43. The van der Waals surface area contributed by atoms with E-state index in [9.17, 15) is 0 Å². The third-order valence-corrected chi connectivity index (χ3v) is 13.7. The lowest BCUT2D eigenvalue weighted by molar-refractivity contribution is 0.320. The molecule has 1 heteroatoms. The van der Waals surface area contributed by atoms with Gasteiger partial charge in [-0.25, -0.2) is 0 Å². The zero-order valence-electron chi connectivity index (χ0n) is 37.7. The summed E-state index contributed by atoms with van der Waals surface area (Å²) in [7, 11) is 0. The third-order valence-electron chi connectivity index (χ3n) is 13.7. The summed E-state index contributed by atoms with van der Waals surface area (Å²) >= 11 is 0. The van der Waals surface area contributed by atoms with Gasteiger partial charge in [0, 0.05) is 34.3 Å². The molecule has 2 unspecified atom stereocenters. The van der Waals surface area contributed by atoms with E-state index in [0.29, 0.717) is 6.42 Å². The van der Waals surface area contributed by atoms with Crippen molar-refractivity contribution < 1.29 is 0 Å². The summed E-state index contributed by atoms with van der Waals surface area (Å²) in [5.74, 6) is -0.0313. The first kappa shape index (κ1) is 43.3. The molecule has 2 atom stereocenters. The van der Waals surface area contributed by atoms with E-state index in [1.807, 2.05) is 24.3 Å². The van der Waals surface area contributed by atoms with Crippen LogP contribution in [0.2, 0.25) is 0 Å². The number of fused-ring (bicyclic) bond motifs is 4. The van der Waals surface area contributed by atoms with Crippen molar-refractivity contribution in [2.45, 2.75) is 18.3 Å². The Labute approximate surface area is 391 Å². The van der Waals surface area contributed by atoms with Crippen molar-refractivity contribution in [3.63, 3.8) is 0 Å². The van der Waals surface area contributed by atoms with Gasteiger partial charge in [0.15, 0.2) is 0 Å². The first-order valence-corrected chi connectivity index (χ1v) is 22.7. The molecule has 1 saturated carbocycles. The maximum absolute atomic E-state index is 4.96. The molecule has 0 saturated heterocycles. The van der Waals surface area contributed by atoms with Crippen LogP contribution in [0.1, 0.15) is 35.1 Å². The van der Waals surface area contributed by atoms with E-state index >= 15 is 0 Å². The minimum Gasteiger partial charge on any atom is -0.315 e. The molecule has 0 aromatic heterocycles. The average Bonchev–Trinajstić information content (AvgIpc) is 3.57. The summed E-state index contributed by atoms with van der Waals surface area (Å²) in [5.41, 5.74) is 12.1. The van der Waals surface area contributed by atoms with Gasteiger partial charge in [0.2, 0.25) is 0 Å². The highest BCUT2D eigenvalue weighted by Gasteiger charge is 2.55. The highest BCUT2D eigenvalue weighted by Crippen LogP contribution is 2.61. The van der Waals surface area contributed by atoms with Crippen LogP contribution >= 0.6 is 0 Å². The molecule has 0 amide bonds. The fourth-order valence-electron chi connectivity index (χ4n) is 10.5. The molecule has 320 valence electrons. The summed E-state index contributed by atoms with van der Waals surface area (Å²) < 4.78 is 0. The molecule has 1 aliphatic carbocycles. The van der Waals surface area contributed by atoms with E-state index in [1.54, 1.807) is 0 Å². The van der Waals surface area contributed by atoms with E-state index in [-0.39, 0.29) is 11.8 Å². The molecule has 0 aliphatic heterocycles. The van der Waals surface area contributed by atoms with Gasteiger partial charge in [-0.2, -0.15) is 0 Å². The van der Waals surface area contributed by atoms with Crippen LogP contribution in [0.25, 0.3) is 55.1 Å². The molecule has 8 aromatic carbocycles. The van der Waals surface area contributed by atoms with Crippen molar-refractivity contribution in [1.82, 2.24) is 0 Å². The summed E-state index contributed by atoms with van der Waals surface area (Å²) in [6, 6.07) is 63.2. The van der Waals surface area contributed by atoms with Gasteiger partial charge < -0.3 is 4.90 Å². The largest absolute Gasteiger partial charge is 0.315 e. The first-order chi connectivity index (χ1) is 32.3. The van der Waals surface area contributed by atoms with Gasteiger partial charge in [0.05, 0.1) is 0 Å². The second-order valence-electron chi connectivity index (χ2n) is 17.3. The molecular weight excluding hydrogens is 795 g/mol. The summed E-state index contributed by atoms with van der Waals surface area (Å²) in [4.78, 5) is 2.26. The van der Waals surface area contributed by atoms with Crippen LogP contribution in [0.5, 0.6) is 0 Å². The minimum absolute atomic E-state index is 0.0438. The number of hydrogen-bond donors (Lipinski definition) is 0. The zero-order chi connectivity index (χ0) is 45.8. The molecule has 66 heavy (non-hydrogen) atoms. The van der Waals surface area contributed by atoms with E-state index in [4.69, 9.17) is 19.7 Å². The van der Waals surface area contributed by atoms with E-state index in [2.05, 4.69) is 219 Å². The van der Waals surface area contributed by atoms with Crippen LogP contribution < -0.4 is 4.90 Å². The molecular formula is C65H55N. The first-order valence-electron chi connectivity index (χ1n) is 22.7. The van der Waals surface area contributed by atoms with Crippen molar-refractivity contribution in [2.24, 2.45) is 11.8 Å². The molecule has 1 aliphatic rings. The average molecular weight is 850 g/mol. The number of nitrogens with zero attached hydrogens (tertiary/aromatic N) is 1. The summed E-state index contributed by atoms with van der Waals surface area (Å²) in [6.45, 7) is 31.8. The fraction of sp³-hybridized carbons (Fsp3) is 0.0769.